The standard InChI is InChI=1S/C34H45N3O4/c1-24(22-36-2)10-6-4-9-13-30(38)21-31(39)15-14-27-20-33(41-3)32(40)19-28(27)17-26-18-29(34(35)37-23-26)16-25-11-7-5-8-12-25/h5,7-8,11-12,14-15,18-20,23-24,34,36-37,40H,4,6,9-10,13,16-17,21-22,35H2,1-3H3/b15-14+/t24-,34?/m1/s1. The second-order valence-electron chi connectivity index (χ2n) is 10.9. The third kappa shape index (κ3) is 10.7. The lowest BCUT2D eigenvalue weighted by Crippen LogP contribution is -2.38. The van der Waals surface area contributed by atoms with Crippen molar-refractivity contribution in [1.29, 1.82) is 0 Å². The highest BCUT2D eigenvalue weighted by Gasteiger charge is 2.17. The molecule has 0 fully saturated rings. The molecule has 220 valence electrons. The Balaban J connectivity index is 1.62. The van der Waals surface area contributed by atoms with Gasteiger partial charge in [-0.15, -0.1) is 0 Å². The second-order valence-corrected chi connectivity index (χ2v) is 10.9. The van der Waals surface area contributed by atoms with Crippen molar-refractivity contribution < 1.29 is 19.4 Å². The average molecular weight is 560 g/mol. The number of nitrogens with two attached hydrogens (primary N) is 1. The zero-order valence-electron chi connectivity index (χ0n) is 24.6. The highest BCUT2D eigenvalue weighted by molar-refractivity contribution is 6.06. The number of dihydropyridines is 1. The van der Waals surface area contributed by atoms with Crippen LogP contribution in [0.5, 0.6) is 11.5 Å². The van der Waals surface area contributed by atoms with Crippen molar-refractivity contribution in [3.8, 4) is 11.5 Å². The van der Waals surface area contributed by atoms with Crippen LogP contribution in [-0.4, -0.2) is 43.5 Å². The SMILES string of the molecule is CNC[C@H](C)CCCCCC(=O)CC(=O)/C=C/c1cc(OC)c(O)cc1CC1=CNC(N)C(Cc2ccccc2)=C1. The number of methoxy groups -OCH3 is 1. The van der Waals surface area contributed by atoms with Gasteiger partial charge in [-0.2, -0.15) is 0 Å². The van der Waals surface area contributed by atoms with Gasteiger partial charge in [-0.3, -0.25) is 9.59 Å². The minimum absolute atomic E-state index is 0.0241. The molecule has 2 aromatic rings. The maximum Gasteiger partial charge on any atom is 0.163 e. The molecule has 0 spiro atoms. The number of carbonyl (C=O) groups excluding carboxylic acids is 2. The summed E-state index contributed by atoms with van der Waals surface area (Å²) in [6, 6.07) is 13.5. The Morgan fingerprint density at radius 1 is 1.15 bits per heavy atom. The van der Waals surface area contributed by atoms with Crippen LogP contribution in [0, 0.1) is 5.92 Å². The summed E-state index contributed by atoms with van der Waals surface area (Å²) in [5.74, 6) is 0.707. The Morgan fingerprint density at radius 2 is 1.93 bits per heavy atom. The number of aromatic hydroxyl groups is 1. The number of unbranched alkanes of at least 4 members (excludes halogenated alkanes) is 2. The average Bonchev–Trinajstić information content (AvgIpc) is 2.95. The van der Waals surface area contributed by atoms with E-state index in [-0.39, 0.29) is 29.9 Å². The van der Waals surface area contributed by atoms with E-state index in [4.69, 9.17) is 10.5 Å². The number of Topliss-reactive ketones (excluding diaryl/α,β-unsaturated/α-hetero) is 1. The molecule has 5 N–H and O–H groups in total. The summed E-state index contributed by atoms with van der Waals surface area (Å²) < 4.78 is 5.31. The molecule has 0 aliphatic carbocycles. The Hall–Kier alpha value is -3.68. The first-order valence-corrected chi connectivity index (χ1v) is 14.5. The minimum atomic E-state index is -0.278. The zero-order chi connectivity index (χ0) is 29.6. The predicted molar refractivity (Wildman–Crippen MR) is 166 cm³/mol. The van der Waals surface area contributed by atoms with Gasteiger partial charge < -0.3 is 26.2 Å². The van der Waals surface area contributed by atoms with Crippen LogP contribution in [0.4, 0.5) is 0 Å². The first-order chi connectivity index (χ1) is 19.8. The molecule has 0 saturated carbocycles. The summed E-state index contributed by atoms with van der Waals surface area (Å²) in [5.41, 5.74) is 11.1. The van der Waals surface area contributed by atoms with Crippen molar-refractivity contribution in [1.82, 2.24) is 10.6 Å². The molecule has 7 nitrogen and oxygen atoms in total. The van der Waals surface area contributed by atoms with E-state index < -0.39 is 0 Å². The number of hydrogen-bond donors (Lipinski definition) is 4. The lowest BCUT2D eigenvalue weighted by Gasteiger charge is -2.23. The van der Waals surface area contributed by atoms with E-state index in [1.54, 1.807) is 18.2 Å². The maximum absolute atomic E-state index is 12.6. The highest BCUT2D eigenvalue weighted by Crippen LogP contribution is 2.32. The lowest BCUT2D eigenvalue weighted by atomic mass is 9.93. The number of benzene rings is 2. The third-order valence-corrected chi connectivity index (χ3v) is 7.33. The van der Waals surface area contributed by atoms with Crippen LogP contribution in [0.25, 0.3) is 6.08 Å². The van der Waals surface area contributed by atoms with E-state index >= 15 is 0 Å². The summed E-state index contributed by atoms with van der Waals surface area (Å²) in [6.07, 6.45) is 12.5. The molecule has 3 rings (SSSR count). The fourth-order valence-electron chi connectivity index (χ4n) is 5.05. The predicted octanol–water partition coefficient (Wildman–Crippen LogP) is 5.23. The topological polar surface area (TPSA) is 114 Å². The molecule has 1 aliphatic heterocycles. The maximum atomic E-state index is 12.6. The molecule has 1 unspecified atom stereocenters. The molecular formula is C34H45N3O4. The van der Waals surface area contributed by atoms with Crippen LogP contribution in [0.15, 0.2) is 72.0 Å². The first-order valence-electron chi connectivity index (χ1n) is 14.5. The minimum Gasteiger partial charge on any atom is -0.504 e. The van der Waals surface area contributed by atoms with Gasteiger partial charge in [0.25, 0.3) is 0 Å². The first kappa shape index (κ1) is 31.8. The monoisotopic (exact) mass is 559 g/mol. The fourth-order valence-corrected chi connectivity index (χ4v) is 5.05. The largest absolute Gasteiger partial charge is 0.504 e. The van der Waals surface area contributed by atoms with Gasteiger partial charge in [-0.25, -0.2) is 0 Å². The normalized spacial score (nSPS) is 15.7. The Morgan fingerprint density at radius 3 is 2.66 bits per heavy atom. The molecule has 0 bridgehead atoms. The summed E-state index contributed by atoms with van der Waals surface area (Å²) in [6.45, 7) is 3.23. The number of hydrogen-bond acceptors (Lipinski definition) is 7. The van der Waals surface area contributed by atoms with Gasteiger partial charge in [0, 0.05) is 12.6 Å². The van der Waals surface area contributed by atoms with Crippen LogP contribution in [0.2, 0.25) is 0 Å². The van der Waals surface area contributed by atoms with E-state index in [9.17, 15) is 14.7 Å². The van der Waals surface area contributed by atoms with Crippen LogP contribution < -0.4 is 21.1 Å². The van der Waals surface area contributed by atoms with Crippen LogP contribution in [-0.2, 0) is 22.4 Å². The molecule has 41 heavy (non-hydrogen) atoms. The number of rotatable bonds is 17. The van der Waals surface area contributed by atoms with Crippen molar-refractivity contribution >= 4 is 17.6 Å². The van der Waals surface area contributed by atoms with E-state index in [1.807, 2.05) is 31.4 Å². The van der Waals surface area contributed by atoms with E-state index in [1.165, 1.54) is 18.7 Å². The van der Waals surface area contributed by atoms with Gasteiger partial charge in [-0.05, 0) is 91.2 Å². The second kappa shape index (κ2) is 16.6. The number of allylic oxidation sites excluding steroid dienone is 3. The molecule has 1 aliphatic rings. The van der Waals surface area contributed by atoms with Crippen LogP contribution >= 0.6 is 0 Å². The zero-order valence-corrected chi connectivity index (χ0v) is 24.6. The van der Waals surface area contributed by atoms with E-state index in [0.29, 0.717) is 24.5 Å². The molecule has 2 aromatic carbocycles. The van der Waals surface area contributed by atoms with Gasteiger partial charge in [0.1, 0.15) is 5.78 Å². The van der Waals surface area contributed by atoms with Crippen molar-refractivity contribution in [2.45, 2.75) is 64.5 Å². The number of carbonyl (C=O) groups is 2. The number of nitrogens with one attached hydrogen (secondary N) is 2. The highest BCUT2D eigenvalue weighted by atomic mass is 16.5. The lowest BCUT2D eigenvalue weighted by molar-refractivity contribution is -0.124. The summed E-state index contributed by atoms with van der Waals surface area (Å²) in [4.78, 5) is 25.0. The van der Waals surface area contributed by atoms with E-state index in [2.05, 4.69) is 35.8 Å². The summed E-state index contributed by atoms with van der Waals surface area (Å²) >= 11 is 0. The molecule has 0 radical (unpaired) electrons. The van der Waals surface area contributed by atoms with Gasteiger partial charge in [0.2, 0.25) is 0 Å². The number of phenols is 1. The van der Waals surface area contributed by atoms with Gasteiger partial charge in [0.05, 0.1) is 19.7 Å². The molecule has 0 aromatic heterocycles. The van der Waals surface area contributed by atoms with Crippen molar-refractivity contribution in [2.75, 3.05) is 20.7 Å². The molecule has 0 saturated heterocycles. The van der Waals surface area contributed by atoms with Crippen LogP contribution in [0.3, 0.4) is 0 Å². The molecule has 2 atom stereocenters. The van der Waals surface area contributed by atoms with E-state index in [0.717, 1.165) is 60.9 Å². The Bertz CT molecular complexity index is 1250. The fraction of sp³-hybridized carbons (Fsp3) is 0.412. The number of ether oxygens (including phenoxy) is 1. The summed E-state index contributed by atoms with van der Waals surface area (Å²) in [5, 5.41) is 16.9. The molecular weight excluding hydrogens is 514 g/mol. The van der Waals surface area contributed by atoms with Crippen molar-refractivity contribution in [3.05, 3.63) is 88.7 Å². The Kier molecular flexibility index (Phi) is 12.9. The summed E-state index contributed by atoms with van der Waals surface area (Å²) in [7, 11) is 3.45. The molecule has 1 heterocycles. The molecule has 0 amide bonds. The number of ketones is 2. The smallest absolute Gasteiger partial charge is 0.163 e. The number of phenolic OH excluding ortho intramolecular Hbond substituents is 1. The quantitative estimate of drug-likeness (QED) is 0.119. The van der Waals surface area contributed by atoms with Crippen molar-refractivity contribution in [2.24, 2.45) is 11.7 Å². The third-order valence-electron chi connectivity index (χ3n) is 7.33. The molecule has 7 heteroatoms. The Labute approximate surface area is 244 Å². The van der Waals surface area contributed by atoms with Gasteiger partial charge >= 0.3 is 0 Å². The van der Waals surface area contributed by atoms with Gasteiger partial charge in [0.15, 0.2) is 17.3 Å². The van der Waals surface area contributed by atoms with Crippen molar-refractivity contribution in [3.63, 3.8) is 0 Å². The van der Waals surface area contributed by atoms with Gasteiger partial charge in [-0.1, -0.05) is 62.2 Å². The van der Waals surface area contributed by atoms with Crippen LogP contribution in [0.1, 0.15) is 62.1 Å².